The molecule has 0 saturated heterocycles. The minimum atomic E-state index is 0.272. The van der Waals surface area contributed by atoms with E-state index in [1.165, 1.54) is 16.8 Å². The maximum Gasteiger partial charge on any atom is 0.137 e. The number of para-hydroxylation sites is 1. The van der Waals surface area contributed by atoms with Crippen molar-refractivity contribution in [1.82, 2.24) is 0 Å². The van der Waals surface area contributed by atoms with E-state index in [1.807, 2.05) is 6.07 Å². The molecule has 0 N–H and O–H groups in total. The Bertz CT molecular complexity index is 1440. The highest BCUT2D eigenvalue weighted by Crippen LogP contribution is 2.37. The number of rotatable bonds is 4. The molecule has 0 amide bonds. The molecule has 32 heavy (non-hydrogen) atoms. The SMILES string of the molecule is C1=CCC(N(c2ccccc2)c2ccc3c(c2)oc2cc(-c4ccccc4)ccc23)C=C1. The fourth-order valence-electron chi connectivity index (χ4n) is 4.61. The first-order valence-corrected chi connectivity index (χ1v) is 11.1. The van der Waals surface area contributed by atoms with E-state index in [0.717, 1.165) is 34.0 Å². The van der Waals surface area contributed by atoms with Crippen LogP contribution in [-0.4, -0.2) is 6.04 Å². The molecule has 0 fully saturated rings. The Hall–Kier alpha value is -4.04. The third-order valence-corrected chi connectivity index (χ3v) is 6.17. The summed E-state index contributed by atoms with van der Waals surface area (Å²) in [7, 11) is 0. The fourth-order valence-corrected chi connectivity index (χ4v) is 4.61. The van der Waals surface area contributed by atoms with Gasteiger partial charge in [0.1, 0.15) is 11.2 Å². The van der Waals surface area contributed by atoms with E-state index in [4.69, 9.17) is 4.42 Å². The van der Waals surface area contributed by atoms with Crippen LogP contribution in [0.15, 0.2) is 126 Å². The molecule has 6 rings (SSSR count). The molecule has 154 valence electrons. The molecule has 4 aromatic carbocycles. The lowest BCUT2D eigenvalue weighted by atomic mass is 10.0. The van der Waals surface area contributed by atoms with Gasteiger partial charge in [0.15, 0.2) is 0 Å². The van der Waals surface area contributed by atoms with E-state index >= 15 is 0 Å². The summed E-state index contributed by atoms with van der Waals surface area (Å²) >= 11 is 0. The van der Waals surface area contributed by atoms with Crippen molar-refractivity contribution in [2.75, 3.05) is 4.90 Å². The first-order valence-electron chi connectivity index (χ1n) is 11.1. The molecule has 1 unspecified atom stereocenters. The largest absolute Gasteiger partial charge is 0.456 e. The van der Waals surface area contributed by atoms with E-state index in [0.29, 0.717) is 0 Å². The van der Waals surface area contributed by atoms with Gasteiger partial charge in [-0.1, -0.05) is 78.9 Å². The summed E-state index contributed by atoms with van der Waals surface area (Å²) in [4.78, 5) is 2.39. The molecule has 1 heterocycles. The van der Waals surface area contributed by atoms with E-state index in [-0.39, 0.29) is 6.04 Å². The van der Waals surface area contributed by atoms with Crippen LogP contribution in [0.1, 0.15) is 6.42 Å². The van der Waals surface area contributed by atoms with Crippen molar-refractivity contribution >= 4 is 33.3 Å². The number of hydrogen-bond donors (Lipinski definition) is 0. The minimum absolute atomic E-state index is 0.272. The van der Waals surface area contributed by atoms with Crippen LogP contribution >= 0.6 is 0 Å². The van der Waals surface area contributed by atoms with Crippen molar-refractivity contribution in [3.8, 4) is 11.1 Å². The summed E-state index contributed by atoms with van der Waals surface area (Å²) in [5.41, 5.74) is 6.52. The van der Waals surface area contributed by atoms with Crippen LogP contribution in [0.3, 0.4) is 0 Å². The van der Waals surface area contributed by atoms with Gasteiger partial charge in [0, 0.05) is 28.2 Å². The molecular formula is C30H23NO. The highest BCUT2D eigenvalue weighted by Gasteiger charge is 2.20. The second kappa shape index (κ2) is 7.90. The lowest BCUT2D eigenvalue weighted by Crippen LogP contribution is -2.29. The summed E-state index contributed by atoms with van der Waals surface area (Å²) in [6.45, 7) is 0. The monoisotopic (exact) mass is 413 g/mol. The van der Waals surface area contributed by atoms with Gasteiger partial charge in [0.25, 0.3) is 0 Å². The average Bonchev–Trinajstić information content (AvgIpc) is 3.23. The predicted molar refractivity (Wildman–Crippen MR) is 134 cm³/mol. The number of anilines is 2. The van der Waals surface area contributed by atoms with Gasteiger partial charge in [-0.25, -0.2) is 0 Å². The number of furan rings is 1. The van der Waals surface area contributed by atoms with Crippen LogP contribution in [0.25, 0.3) is 33.1 Å². The quantitative estimate of drug-likeness (QED) is 0.295. The average molecular weight is 414 g/mol. The Morgan fingerprint density at radius 3 is 2.09 bits per heavy atom. The van der Waals surface area contributed by atoms with Gasteiger partial charge in [-0.15, -0.1) is 0 Å². The van der Waals surface area contributed by atoms with Crippen molar-refractivity contribution in [2.45, 2.75) is 12.5 Å². The van der Waals surface area contributed by atoms with Crippen LogP contribution < -0.4 is 4.90 Å². The van der Waals surface area contributed by atoms with Crippen molar-refractivity contribution in [3.05, 3.63) is 121 Å². The van der Waals surface area contributed by atoms with Gasteiger partial charge in [0.2, 0.25) is 0 Å². The minimum Gasteiger partial charge on any atom is -0.456 e. The zero-order valence-electron chi connectivity index (χ0n) is 17.7. The van der Waals surface area contributed by atoms with Gasteiger partial charge in [-0.05, 0) is 53.9 Å². The van der Waals surface area contributed by atoms with Crippen LogP contribution in [0.4, 0.5) is 11.4 Å². The molecule has 1 aliphatic carbocycles. The zero-order chi connectivity index (χ0) is 21.3. The number of nitrogens with zero attached hydrogens (tertiary/aromatic N) is 1. The maximum atomic E-state index is 6.37. The molecule has 5 aromatic rings. The van der Waals surface area contributed by atoms with Crippen LogP contribution in [0, 0.1) is 0 Å². The second-order valence-electron chi connectivity index (χ2n) is 8.18. The molecule has 0 spiro atoms. The van der Waals surface area contributed by atoms with Gasteiger partial charge in [-0.3, -0.25) is 0 Å². The Balaban J connectivity index is 1.46. The third-order valence-electron chi connectivity index (χ3n) is 6.17. The predicted octanol–water partition coefficient (Wildman–Crippen LogP) is 8.28. The second-order valence-corrected chi connectivity index (χ2v) is 8.18. The zero-order valence-corrected chi connectivity index (χ0v) is 17.7. The van der Waals surface area contributed by atoms with Crippen molar-refractivity contribution in [2.24, 2.45) is 0 Å². The first kappa shape index (κ1) is 18.7. The van der Waals surface area contributed by atoms with Gasteiger partial charge < -0.3 is 9.32 Å². The standard InChI is InChI=1S/C30H23NO/c1-4-10-22(11-5-1)23-16-18-27-28-19-17-26(21-30(28)32-29(27)20-23)31(24-12-6-2-7-13-24)25-14-8-3-9-15-25/h1-14,16-21,25H,15H2. The summed E-state index contributed by atoms with van der Waals surface area (Å²) in [6, 6.07) is 34.4. The molecule has 2 nitrogen and oxygen atoms in total. The third kappa shape index (κ3) is 3.30. The van der Waals surface area contributed by atoms with E-state index in [1.54, 1.807) is 0 Å². The molecule has 0 saturated carbocycles. The van der Waals surface area contributed by atoms with Crippen molar-refractivity contribution in [1.29, 1.82) is 0 Å². The summed E-state index contributed by atoms with van der Waals surface area (Å²) < 4.78 is 6.37. The topological polar surface area (TPSA) is 16.4 Å². The molecule has 0 bridgehead atoms. The molecule has 0 radical (unpaired) electrons. The molecular weight excluding hydrogens is 390 g/mol. The number of hydrogen-bond acceptors (Lipinski definition) is 2. The van der Waals surface area contributed by atoms with Crippen LogP contribution in [0.5, 0.6) is 0 Å². The highest BCUT2D eigenvalue weighted by atomic mass is 16.3. The van der Waals surface area contributed by atoms with Gasteiger partial charge in [0.05, 0.1) is 6.04 Å². The van der Waals surface area contributed by atoms with Crippen LogP contribution in [0.2, 0.25) is 0 Å². The Morgan fingerprint density at radius 2 is 1.34 bits per heavy atom. The van der Waals surface area contributed by atoms with Gasteiger partial charge >= 0.3 is 0 Å². The number of benzene rings is 4. The Kier molecular flexibility index (Phi) is 4.62. The fraction of sp³-hybridized carbons (Fsp3) is 0.0667. The maximum absolute atomic E-state index is 6.37. The summed E-state index contributed by atoms with van der Waals surface area (Å²) in [6.07, 6.45) is 9.72. The molecule has 2 heteroatoms. The Labute approximate surface area is 187 Å². The smallest absolute Gasteiger partial charge is 0.137 e. The van der Waals surface area contributed by atoms with Crippen molar-refractivity contribution in [3.63, 3.8) is 0 Å². The molecule has 0 aliphatic heterocycles. The van der Waals surface area contributed by atoms with E-state index in [9.17, 15) is 0 Å². The van der Waals surface area contributed by atoms with Gasteiger partial charge in [-0.2, -0.15) is 0 Å². The van der Waals surface area contributed by atoms with Crippen molar-refractivity contribution < 1.29 is 4.42 Å². The lowest BCUT2D eigenvalue weighted by molar-refractivity contribution is 0.668. The summed E-state index contributed by atoms with van der Waals surface area (Å²) in [5.74, 6) is 0. The highest BCUT2D eigenvalue weighted by molar-refractivity contribution is 6.06. The molecule has 1 aliphatic rings. The van der Waals surface area contributed by atoms with Crippen LogP contribution in [-0.2, 0) is 0 Å². The summed E-state index contributed by atoms with van der Waals surface area (Å²) in [5, 5.41) is 2.30. The molecule has 1 atom stereocenters. The number of allylic oxidation sites excluding steroid dienone is 2. The lowest BCUT2D eigenvalue weighted by Gasteiger charge is -2.32. The normalized spacial score (nSPS) is 15.4. The first-order chi connectivity index (χ1) is 15.9. The Morgan fingerprint density at radius 1 is 0.625 bits per heavy atom. The van der Waals surface area contributed by atoms with E-state index in [2.05, 4.69) is 120 Å². The number of fused-ring (bicyclic) bond motifs is 3. The van der Waals surface area contributed by atoms with E-state index < -0.39 is 0 Å². The molecule has 1 aromatic heterocycles.